The van der Waals surface area contributed by atoms with Crippen molar-refractivity contribution in [3.63, 3.8) is 0 Å². The molecule has 0 unspecified atom stereocenters. The van der Waals surface area contributed by atoms with Crippen LogP contribution in [0.1, 0.15) is 86.7 Å². The highest BCUT2D eigenvalue weighted by molar-refractivity contribution is 7.93. The number of carbonyl (C=O) groups excluding carboxylic acids is 4. The second-order valence-electron chi connectivity index (χ2n) is 26.3. The highest BCUT2D eigenvalue weighted by Gasteiger charge is 2.39. The van der Waals surface area contributed by atoms with Crippen molar-refractivity contribution in [2.45, 2.75) is 45.0 Å². The van der Waals surface area contributed by atoms with E-state index >= 15 is 0 Å². The summed E-state index contributed by atoms with van der Waals surface area (Å²) in [6, 6.07) is 20.0. The van der Waals surface area contributed by atoms with Crippen molar-refractivity contribution in [1.82, 2.24) is 74.8 Å². The van der Waals surface area contributed by atoms with Crippen LogP contribution in [-0.4, -0.2) is 132 Å². The molecule has 0 amide bonds. The van der Waals surface area contributed by atoms with E-state index in [2.05, 4.69) is 93.6 Å². The van der Waals surface area contributed by atoms with Crippen LogP contribution in [0.2, 0.25) is 40.2 Å². The van der Waals surface area contributed by atoms with Crippen LogP contribution in [0.4, 0.5) is 62.3 Å². The Balaban J connectivity index is 0.000000147. The number of nitrogens with zero attached hydrogens (tertiary/aromatic N) is 11. The lowest BCUT2D eigenvalue weighted by Crippen LogP contribution is -2.18. The number of fused-ring (bicyclic) bond motifs is 4. The highest BCUT2D eigenvalue weighted by atomic mass is 35.5. The topological polar surface area (TPSA) is 458 Å². The Morgan fingerprint density at radius 3 is 1.11 bits per heavy atom. The largest absolute Gasteiger partial charge is 0.417 e. The normalized spacial score (nSPS) is 12.0. The molecule has 12 heterocycles. The molecule has 0 aliphatic rings. The molecular weight excluding hydrogens is 1970 g/mol. The maximum Gasteiger partial charge on any atom is 0.417 e. The van der Waals surface area contributed by atoms with Crippen LogP contribution < -0.4 is 18.9 Å². The first-order valence-electron chi connectivity index (χ1n) is 35.2. The summed E-state index contributed by atoms with van der Waals surface area (Å²) in [5, 5.41) is -0.182. The number of nitrogens with one attached hydrogen (secondary N) is 8. The zero-order valence-electron chi connectivity index (χ0n) is 63.4. The minimum atomic E-state index is -4.89. The minimum Gasteiger partial charge on any atom is -0.360 e. The van der Waals surface area contributed by atoms with Crippen molar-refractivity contribution in [2.75, 3.05) is 18.9 Å². The Morgan fingerprint density at radius 1 is 0.333 bits per heavy atom. The Labute approximate surface area is 758 Å². The van der Waals surface area contributed by atoms with Crippen LogP contribution in [0.3, 0.4) is 0 Å². The molecule has 8 N–H and O–H groups in total. The number of aromatic nitrogens is 15. The maximum atomic E-state index is 13.2. The number of ketones is 4. The van der Waals surface area contributed by atoms with Gasteiger partial charge in [0.2, 0.25) is 23.1 Å². The van der Waals surface area contributed by atoms with E-state index in [9.17, 15) is 92.4 Å². The molecule has 0 atom stereocenters. The quantitative estimate of drug-likeness (QED) is 0.0259. The summed E-state index contributed by atoms with van der Waals surface area (Å²) in [7, 11) is -17.8. The van der Waals surface area contributed by atoms with Gasteiger partial charge in [-0.3, -0.25) is 53.0 Å². The van der Waals surface area contributed by atoms with Crippen LogP contribution in [0, 0.1) is 6.92 Å². The molecule has 16 aromatic rings. The number of pyridine rings is 6. The molecule has 0 saturated heterocycles. The van der Waals surface area contributed by atoms with Gasteiger partial charge in [-0.25, -0.2) is 73.5 Å². The molecule has 4 aromatic carbocycles. The zero-order valence-corrected chi connectivity index (χ0v) is 72.7. The lowest BCUT2D eigenvalue weighted by Gasteiger charge is -2.14. The Kier molecular flexibility index (Phi) is 27.1. The fraction of sp³-hybridized carbons (Fsp3) is 0.0519. The first-order chi connectivity index (χ1) is 60.7. The molecular formula is C77H44Cl8F9N19O12S4. The van der Waals surface area contributed by atoms with Gasteiger partial charge in [-0.2, -0.15) is 39.5 Å². The number of H-pyrrole nitrogens is 4. The minimum absolute atomic E-state index is 0.00526. The lowest BCUT2D eigenvalue weighted by atomic mass is 10.0. The van der Waals surface area contributed by atoms with Gasteiger partial charge < -0.3 is 19.9 Å². The fourth-order valence-electron chi connectivity index (χ4n) is 11.8. The SMILES string of the molecule is Cc1cnc(C(=O)c2cncc3[nH]ccc23)c(NS(=O)(=O)c2ccc(Cl)c(Cl)c2)c1.O=C(c1ncc(Cl)cc1NS(=O)(=O)c1ccc(Cl)c(C(F)(F)F)c1)c1cncc2[nH]ccc12.O=C(c1ncc(Cl)cc1NS(=O)(=O)c1ccc(Cl)c(C(F)(F)F)c1)c1ncnc2[nH]ccc12.O=C(c1ncc(Cl)cc1NS(=O)(=O)c1ccc(Cl)c(C(F)(F)F)c1)c1ncnc2nc[nH]c12. The van der Waals surface area contributed by atoms with Crippen molar-refractivity contribution in [2.24, 2.45) is 0 Å². The molecule has 129 heavy (non-hydrogen) atoms. The first kappa shape index (κ1) is 94.0. The molecule has 0 radical (unpaired) electrons. The predicted molar refractivity (Wildman–Crippen MR) is 457 cm³/mol. The average Bonchev–Trinajstić information content (AvgIpc) is 1.77. The molecule has 0 saturated carbocycles. The number of hydrogen-bond acceptors (Lipinski definition) is 23. The lowest BCUT2D eigenvalue weighted by molar-refractivity contribution is -0.138. The second-order valence-corrected chi connectivity index (χ2v) is 36.4. The van der Waals surface area contributed by atoms with Crippen molar-refractivity contribution in [3.05, 3.63) is 310 Å². The molecule has 0 aliphatic heterocycles. The number of alkyl halides is 9. The summed E-state index contributed by atoms with van der Waals surface area (Å²) in [6.45, 7) is 1.74. The number of hydrogen-bond donors (Lipinski definition) is 8. The molecule has 31 nitrogen and oxygen atoms in total. The molecule has 12 aromatic heterocycles. The third-order valence-electron chi connectivity index (χ3n) is 17.7. The van der Waals surface area contributed by atoms with Crippen molar-refractivity contribution in [3.8, 4) is 0 Å². The molecule has 0 aliphatic carbocycles. The summed E-state index contributed by atoms with van der Waals surface area (Å²) >= 11 is 46.3. The van der Waals surface area contributed by atoms with E-state index < -0.39 is 134 Å². The summed E-state index contributed by atoms with van der Waals surface area (Å²) in [5.74, 6) is -2.70. The summed E-state index contributed by atoms with van der Waals surface area (Å²) in [6.07, 6.45) is 4.38. The fourth-order valence-corrected chi connectivity index (χ4v) is 17.7. The van der Waals surface area contributed by atoms with Gasteiger partial charge in [0.15, 0.2) is 5.65 Å². The van der Waals surface area contributed by atoms with Gasteiger partial charge in [0.25, 0.3) is 40.1 Å². The van der Waals surface area contributed by atoms with Gasteiger partial charge in [0, 0.05) is 71.9 Å². The maximum absolute atomic E-state index is 13.2. The van der Waals surface area contributed by atoms with Crippen molar-refractivity contribution in [1.29, 1.82) is 0 Å². The van der Waals surface area contributed by atoms with Crippen LogP contribution >= 0.6 is 92.8 Å². The van der Waals surface area contributed by atoms with E-state index in [1.165, 1.54) is 55.5 Å². The van der Waals surface area contributed by atoms with Crippen LogP contribution in [0.25, 0.3) is 44.0 Å². The number of anilines is 4. The number of sulfonamides is 4. The van der Waals surface area contributed by atoms with E-state index in [1.807, 2.05) is 0 Å². The number of benzene rings is 4. The number of halogens is 17. The van der Waals surface area contributed by atoms with Gasteiger partial charge in [-0.15, -0.1) is 0 Å². The zero-order chi connectivity index (χ0) is 93.4. The van der Waals surface area contributed by atoms with E-state index in [0.29, 0.717) is 62.2 Å². The van der Waals surface area contributed by atoms with Crippen LogP contribution in [0.15, 0.2) is 222 Å². The number of carbonyl (C=O) groups is 4. The van der Waals surface area contributed by atoms with Crippen molar-refractivity contribution >= 4 is 223 Å². The van der Waals surface area contributed by atoms with E-state index in [-0.39, 0.29) is 98.0 Å². The first-order valence-corrected chi connectivity index (χ1v) is 44.2. The molecule has 0 fully saturated rings. The van der Waals surface area contributed by atoms with Gasteiger partial charge in [0.05, 0.1) is 140 Å². The van der Waals surface area contributed by atoms with Gasteiger partial charge >= 0.3 is 18.5 Å². The molecule has 16 rings (SSSR count). The molecule has 0 bridgehead atoms. The molecule has 52 heteroatoms. The second kappa shape index (κ2) is 37.2. The number of imidazole rings is 1. The number of aromatic amines is 4. The summed E-state index contributed by atoms with van der Waals surface area (Å²) in [5.41, 5.74) is -3.22. The van der Waals surface area contributed by atoms with Crippen molar-refractivity contribution < 1.29 is 92.4 Å². The van der Waals surface area contributed by atoms with Crippen LogP contribution in [-0.2, 0) is 58.6 Å². The van der Waals surface area contributed by atoms with E-state index in [1.54, 1.807) is 49.8 Å². The third kappa shape index (κ3) is 21.1. The Bertz CT molecular complexity index is 7180. The summed E-state index contributed by atoms with van der Waals surface area (Å²) < 4.78 is 230. The number of aryl methyl sites for hydroxylation is 1. The number of rotatable bonds is 20. The smallest absolute Gasteiger partial charge is 0.360 e. The van der Waals surface area contributed by atoms with Gasteiger partial charge in [0.1, 0.15) is 58.0 Å². The van der Waals surface area contributed by atoms with Gasteiger partial charge in [-0.1, -0.05) is 92.8 Å². The summed E-state index contributed by atoms with van der Waals surface area (Å²) in [4.78, 5) is 105. The molecule has 0 spiro atoms. The van der Waals surface area contributed by atoms with Crippen LogP contribution in [0.5, 0.6) is 0 Å². The Morgan fingerprint density at radius 2 is 0.690 bits per heavy atom. The predicted octanol–water partition coefficient (Wildman–Crippen LogP) is 18.7. The standard InChI is InChI=1S/C20H11Cl2F3N4O3S.C20H14Cl2N4O3S.C19H10Cl2F3N5O3S.C18H9Cl2F3N6O3S/c21-10-5-16(29-33(31,32)11-1-2-15(22)14(6-11)20(23,24)25)18(28-7-10)19(30)13-8-26-9-17-12(13)3-4-27-17;1-11-6-17(26-30(28,29)12-2-3-15(21)16(22)7-12)19(25-8-11)20(27)14-9-23-10-18-13(14)4-5-24-18;20-9-5-14(29-33(31,32)10-1-2-13(21)12(6-10)19(22,23)24)16(26-7-9)17(30)15-11-3-4-25-18(11)28-8-27-15;19-8-3-12(29-33(31,32)9-1-2-11(20)10(4-9)18(21,22)23)13(24-5-8)16(30)14-15-17(27-6-25-14)28-7-26-15/h1-9,27,29H;2-10,24,26H,1H3;1-8,29H,(H,25,27,28);1-7,29H,(H,25,26,27,28). The Hall–Kier alpha value is -12.6. The molecule has 662 valence electrons. The van der Waals surface area contributed by atoms with E-state index in [0.717, 1.165) is 85.8 Å². The highest BCUT2D eigenvalue weighted by Crippen LogP contribution is 2.41. The third-order valence-corrected chi connectivity index (χ3v) is 25.5. The average molecular weight is 2010 g/mol. The van der Waals surface area contributed by atoms with Gasteiger partial charge in [-0.05, 0) is 128 Å². The van der Waals surface area contributed by atoms with E-state index in [4.69, 9.17) is 92.8 Å². The monoisotopic (exact) mass is 2000 g/mol.